The molecule has 2 N–H and O–H groups in total. The third-order valence-electron chi connectivity index (χ3n) is 1.61. The number of aliphatic carboxylic acids is 1. The van der Waals surface area contributed by atoms with Crippen LogP contribution in [-0.2, 0) is 4.79 Å². The molecule has 4 heteroatoms. The van der Waals surface area contributed by atoms with Crippen molar-refractivity contribution in [3.8, 4) is 0 Å². The normalized spacial score (nSPS) is 12.5. The van der Waals surface area contributed by atoms with Crippen LogP contribution in [0.15, 0.2) is 18.2 Å². The van der Waals surface area contributed by atoms with Crippen LogP contribution in [0.1, 0.15) is 17.2 Å². The highest BCUT2D eigenvalue weighted by atomic mass is 35.5. The highest BCUT2D eigenvalue weighted by Crippen LogP contribution is 2.20. The first-order valence-electron chi connectivity index (χ1n) is 3.68. The number of aliphatic hydroxyl groups excluding tert-OH is 1. The molecule has 0 unspecified atom stereocenters. The van der Waals surface area contributed by atoms with Crippen LogP contribution in [-0.4, -0.2) is 16.2 Å². The summed E-state index contributed by atoms with van der Waals surface area (Å²) in [5.41, 5.74) is 1.13. The van der Waals surface area contributed by atoms with Gasteiger partial charge in [0.25, 0.3) is 0 Å². The van der Waals surface area contributed by atoms with Gasteiger partial charge in [-0.1, -0.05) is 17.7 Å². The van der Waals surface area contributed by atoms with Gasteiger partial charge >= 0.3 is 5.97 Å². The van der Waals surface area contributed by atoms with Crippen molar-refractivity contribution in [2.75, 3.05) is 0 Å². The van der Waals surface area contributed by atoms with Crippen molar-refractivity contribution in [2.24, 2.45) is 0 Å². The molecule has 0 aromatic heterocycles. The fourth-order valence-electron chi connectivity index (χ4n) is 1.07. The molecule has 3 nitrogen and oxygen atoms in total. The predicted molar refractivity (Wildman–Crippen MR) is 48.8 cm³/mol. The quantitative estimate of drug-likeness (QED) is 0.765. The maximum absolute atomic E-state index is 10.4. The largest absolute Gasteiger partial charge is 0.479 e. The van der Waals surface area contributed by atoms with E-state index in [-0.39, 0.29) is 0 Å². The van der Waals surface area contributed by atoms with Crippen molar-refractivity contribution in [2.45, 2.75) is 13.0 Å². The number of rotatable bonds is 2. The molecule has 1 aromatic carbocycles. The number of hydrogen-bond acceptors (Lipinski definition) is 2. The Morgan fingerprint density at radius 1 is 1.46 bits per heavy atom. The van der Waals surface area contributed by atoms with E-state index in [1.54, 1.807) is 19.1 Å². The van der Waals surface area contributed by atoms with Gasteiger partial charge in [-0.2, -0.15) is 0 Å². The van der Waals surface area contributed by atoms with E-state index in [9.17, 15) is 9.90 Å². The summed E-state index contributed by atoms with van der Waals surface area (Å²) >= 11 is 5.69. The van der Waals surface area contributed by atoms with E-state index in [1.165, 1.54) is 6.07 Å². The zero-order chi connectivity index (χ0) is 10.0. The summed E-state index contributed by atoms with van der Waals surface area (Å²) in [6.07, 6.45) is -1.50. The molecule has 0 saturated heterocycles. The Balaban J connectivity index is 3.07. The first kappa shape index (κ1) is 10.0. The van der Waals surface area contributed by atoms with E-state index in [0.717, 1.165) is 5.56 Å². The Morgan fingerprint density at radius 3 is 2.54 bits per heavy atom. The van der Waals surface area contributed by atoms with Crippen molar-refractivity contribution < 1.29 is 15.0 Å². The average molecular weight is 201 g/mol. The van der Waals surface area contributed by atoms with Crippen molar-refractivity contribution in [1.82, 2.24) is 0 Å². The lowest BCUT2D eigenvalue weighted by molar-refractivity contribution is -0.146. The number of hydrogen-bond donors (Lipinski definition) is 2. The number of carbonyl (C=O) groups is 1. The molecule has 0 radical (unpaired) electrons. The van der Waals surface area contributed by atoms with Gasteiger partial charge < -0.3 is 10.2 Å². The molecule has 0 aliphatic heterocycles. The second-order valence-corrected chi connectivity index (χ2v) is 3.24. The molecule has 0 fully saturated rings. The number of halogens is 1. The molecule has 13 heavy (non-hydrogen) atoms. The van der Waals surface area contributed by atoms with E-state index in [2.05, 4.69) is 0 Å². The van der Waals surface area contributed by atoms with Crippen LogP contribution in [0.5, 0.6) is 0 Å². The second-order valence-electron chi connectivity index (χ2n) is 2.80. The van der Waals surface area contributed by atoms with Crippen LogP contribution in [0, 0.1) is 6.92 Å². The molecular formula is C9H9ClO3. The Kier molecular flexibility index (Phi) is 2.90. The average Bonchev–Trinajstić information content (AvgIpc) is 2.01. The number of aryl methyl sites for hydroxylation is 1. The zero-order valence-electron chi connectivity index (χ0n) is 6.99. The first-order valence-corrected chi connectivity index (χ1v) is 4.06. The van der Waals surface area contributed by atoms with Crippen molar-refractivity contribution in [3.05, 3.63) is 34.3 Å². The van der Waals surface area contributed by atoms with Gasteiger partial charge in [0.2, 0.25) is 0 Å². The summed E-state index contributed by atoms with van der Waals surface area (Å²) < 4.78 is 0. The van der Waals surface area contributed by atoms with E-state index in [0.29, 0.717) is 10.6 Å². The summed E-state index contributed by atoms with van der Waals surface area (Å²) in [5.74, 6) is -1.28. The predicted octanol–water partition coefficient (Wildman–Crippen LogP) is 1.77. The Morgan fingerprint density at radius 2 is 2.08 bits per heavy atom. The Hall–Kier alpha value is -1.06. The van der Waals surface area contributed by atoms with E-state index in [1.807, 2.05) is 0 Å². The maximum atomic E-state index is 10.4. The minimum Gasteiger partial charge on any atom is -0.479 e. The van der Waals surface area contributed by atoms with Gasteiger partial charge in [-0.3, -0.25) is 0 Å². The molecule has 70 valence electrons. The molecule has 0 heterocycles. The highest BCUT2D eigenvalue weighted by molar-refractivity contribution is 6.30. The molecule has 0 amide bonds. The summed E-state index contributed by atoms with van der Waals surface area (Å²) in [7, 11) is 0. The number of benzene rings is 1. The molecule has 0 aliphatic rings. The lowest BCUT2D eigenvalue weighted by atomic mass is 10.1. The molecule has 0 saturated carbocycles. The fraction of sp³-hybridized carbons (Fsp3) is 0.222. The standard InChI is InChI=1S/C9H9ClO3/c1-5-2-6(4-7(10)3-5)8(11)9(12)13/h2-4,8,11H,1H3,(H,12,13)/t8-/m1/s1. The fourth-order valence-corrected chi connectivity index (χ4v) is 1.36. The van der Waals surface area contributed by atoms with Gasteiger partial charge in [-0.15, -0.1) is 0 Å². The third kappa shape index (κ3) is 2.44. The third-order valence-corrected chi connectivity index (χ3v) is 1.83. The molecular weight excluding hydrogens is 192 g/mol. The smallest absolute Gasteiger partial charge is 0.337 e. The van der Waals surface area contributed by atoms with Crippen LogP contribution in [0.25, 0.3) is 0 Å². The van der Waals surface area contributed by atoms with E-state index >= 15 is 0 Å². The zero-order valence-corrected chi connectivity index (χ0v) is 7.75. The monoisotopic (exact) mass is 200 g/mol. The molecule has 1 aromatic rings. The minimum atomic E-state index is -1.50. The van der Waals surface area contributed by atoms with Gasteiger partial charge in [0, 0.05) is 5.02 Å². The highest BCUT2D eigenvalue weighted by Gasteiger charge is 2.16. The lowest BCUT2D eigenvalue weighted by Crippen LogP contribution is -2.10. The summed E-state index contributed by atoms with van der Waals surface area (Å²) in [4.78, 5) is 10.4. The van der Waals surface area contributed by atoms with Crippen LogP contribution in [0.4, 0.5) is 0 Å². The minimum absolute atomic E-state index is 0.303. The maximum Gasteiger partial charge on any atom is 0.337 e. The lowest BCUT2D eigenvalue weighted by Gasteiger charge is -2.06. The number of carboxylic acids is 1. The summed E-state index contributed by atoms with van der Waals surface area (Å²) in [6.45, 7) is 1.78. The summed E-state index contributed by atoms with van der Waals surface area (Å²) in [5, 5.41) is 18.1. The van der Waals surface area contributed by atoms with Crippen LogP contribution < -0.4 is 0 Å². The topological polar surface area (TPSA) is 57.5 Å². The Bertz CT molecular complexity index is 315. The first-order chi connectivity index (χ1) is 6.00. The van der Waals surface area contributed by atoms with Gasteiger partial charge in [0.15, 0.2) is 6.10 Å². The SMILES string of the molecule is Cc1cc(Cl)cc([C@@H](O)C(=O)O)c1. The summed E-state index contributed by atoms with van der Waals surface area (Å²) in [6, 6.07) is 4.72. The Labute approximate surface area is 80.6 Å². The van der Waals surface area contributed by atoms with Gasteiger partial charge in [0.1, 0.15) is 0 Å². The molecule has 0 spiro atoms. The van der Waals surface area contributed by atoms with Crippen LogP contribution in [0.2, 0.25) is 5.02 Å². The molecule has 0 bridgehead atoms. The number of carboxylic acid groups (broad SMARTS) is 1. The van der Waals surface area contributed by atoms with E-state index < -0.39 is 12.1 Å². The van der Waals surface area contributed by atoms with Crippen molar-refractivity contribution >= 4 is 17.6 Å². The van der Waals surface area contributed by atoms with Gasteiger partial charge in [-0.25, -0.2) is 4.79 Å². The van der Waals surface area contributed by atoms with Crippen LogP contribution >= 0.6 is 11.6 Å². The molecule has 0 aliphatic carbocycles. The van der Waals surface area contributed by atoms with Gasteiger partial charge in [-0.05, 0) is 30.2 Å². The van der Waals surface area contributed by atoms with Gasteiger partial charge in [0.05, 0.1) is 0 Å². The number of aliphatic hydroxyl groups is 1. The van der Waals surface area contributed by atoms with E-state index in [4.69, 9.17) is 16.7 Å². The second kappa shape index (κ2) is 3.77. The molecule has 1 rings (SSSR count). The molecule has 1 atom stereocenters. The van der Waals surface area contributed by atoms with Crippen LogP contribution in [0.3, 0.4) is 0 Å². The van der Waals surface area contributed by atoms with Crippen molar-refractivity contribution in [3.63, 3.8) is 0 Å². The van der Waals surface area contributed by atoms with Crippen molar-refractivity contribution in [1.29, 1.82) is 0 Å².